The molecular weight excluding hydrogens is 363 g/mol. The van der Waals surface area contributed by atoms with Crippen molar-refractivity contribution in [2.45, 2.75) is 13.3 Å². The number of nitrogens with zero attached hydrogens (tertiary/aromatic N) is 1. The van der Waals surface area contributed by atoms with Gasteiger partial charge in [0.2, 0.25) is 5.91 Å². The summed E-state index contributed by atoms with van der Waals surface area (Å²) in [7, 11) is 0. The topological polar surface area (TPSA) is 42.0 Å². The minimum Gasteiger partial charge on any atom is -0.324 e. The molecule has 0 saturated heterocycles. The maximum absolute atomic E-state index is 12.2. The Morgan fingerprint density at radius 2 is 1.96 bits per heavy atom. The van der Waals surface area contributed by atoms with E-state index in [4.69, 9.17) is 23.2 Å². The van der Waals surface area contributed by atoms with Crippen molar-refractivity contribution >= 4 is 46.1 Å². The smallest absolute Gasteiger partial charge is 0.230 e. The van der Waals surface area contributed by atoms with Gasteiger partial charge >= 0.3 is 0 Å². The third kappa shape index (κ3) is 3.96. The number of carbonyl (C=O) groups is 1. The molecule has 1 amide bonds. The Morgan fingerprint density at radius 3 is 2.71 bits per heavy atom. The highest BCUT2D eigenvalue weighted by Gasteiger charge is 2.12. The molecule has 122 valence electrons. The molecule has 0 fully saturated rings. The SMILES string of the molecule is Cc1ccc(NC(=O)Cc2csc(-c3ccccc3Cl)n2)c(Cl)c1. The first-order chi connectivity index (χ1) is 11.5. The summed E-state index contributed by atoms with van der Waals surface area (Å²) >= 11 is 13.8. The van der Waals surface area contributed by atoms with Crippen molar-refractivity contribution in [2.75, 3.05) is 5.32 Å². The summed E-state index contributed by atoms with van der Waals surface area (Å²) in [5.41, 5.74) is 3.23. The summed E-state index contributed by atoms with van der Waals surface area (Å²) in [5.74, 6) is -0.156. The van der Waals surface area contributed by atoms with Crippen molar-refractivity contribution in [3.63, 3.8) is 0 Å². The molecule has 0 radical (unpaired) electrons. The van der Waals surface area contributed by atoms with E-state index in [2.05, 4.69) is 10.3 Å². The summed E-state index contributed by atoms with van der Waals surface area (Å²) in [6.07, 6.45) is 0.186. The molecule has 3 rings (SSSR count). The van der Waals surface area contributed by atoms with E-state index in [9.17, 15) is 4.79 Å². The number of nitrogens with one attached hydrogen (secondary N) is 1. The van der Waals surface area contributed by atoms with Gasteiger partial charge in [0.25, 0.3) is 0 Å². The van der Waals surface area contributed by atoms with E-state index in [1.54, 1.807) is 6.07 Å². The van der Waals surface area contributed by atoms with Gasteiger partial charge in [0.1, 0.15) is 5.01 Å². The number of benzene rings is 2. The summed E-state index contributed by atoms with van der Waals surface area (Å²) in [4.78, 5) is 16.7. The van der Waals surface area contributed by atoms with Crippen molar-refractivity contribution in [2.24, 2.45) is 0 Å². The van der Waals surface area contributed by atoms with Gasteiger partial charge in [0.05, 0.1) is 27.8 Å². The number of anilines is 1. The third-order valence-electron chi connectivity index (χ3n) is 3.40. The third-order valence-corrected chi connectivity index (χ3v) is 4.96. The average Bonchev–Trinajstić information content (AvgIpc) is 2.99. The molecule has 3 aromatic rings. The first-order valence-corrected chi connectivity index (χ1v) is 8.92. The molecule has 0 aliphatic rings. The zero-order chi connectivity index (χ0) is 17.1. The molecule has 0 aliphatic heterocycles. The van der Waals surface area contributed by atoms with Crippen molar-refractivity contribution in [1.82, 2.24) is 4.98 Å². The van der Waals surface area contributed by atoms with Gasteiger partial charge in [-0.15, -0.1) is 11.3 Å². The number of carbonyl (C=O) groups excluding carboxylic acids is 1. The number of hydrogen-bond donors (Lipinski definition) is 1. The van der Waals surface area contributed by atoms with Crippen LogP contribution in [0.3, 0.4) is 0 Å². The lowest BCUT2D eigenvalue weighted by Gasteiger charge is -2.07. The van der Waals surface area contributed by atoms with E-state index in [0.717, 1.165) is 16.1 Å². The molecule has 3 nitrogen and oxygen atoms in total. The second-order valence-corrected chi connectivity index (χ2v) is 7.00. The second-order valence-electron chi connectivity index (χ2n) is 5.33. The van der Waals surface area contributed by atoms with Crippen molar-refractivity contribution in [1.29, 1.82) is 0 Å². The fourth-order valence-corrected chi connectivity index (χ4v) is 3.65. The summed E-state index contributed by atoms with van der Waals surface area (Å²) < 4.78 is 0. The summed E-state index contributed by atoms with van der Waals surface area (Å²) in [6.45, 7) is 1.95. The Balaban J connectivity index is 1.70. The number of amides is 1. The van der Waals surface area contributed by atoms with Gasteiger partial charge in [-0.2, -0.15) is 0 Å². The highest BCUT2D eigenvalue weighted by Crippen LogP contribution is 2.30. The van der Waals surface area contributed by atoms with Crippen molar-refractivity contribution in [3.8, 4) is 10.6 Å². The molecule has 0 bridgehead atoms. The van der Waals surface area contributed by atoms with Gasteiger partial charge in [-0.1, -0.05) is 47.5 Å². The Morgan fingerprint density at radius 1 is 1.17 bits per heavy atom. The standard InChI is InChI=1S/C18H14Cl2N2OS/c1-11-6-7-16(15(20)8-11)22-17(23)9-12-10-24-18(21-12)13-4-2-3-5-14(13)19/h2-8,10H,9H2,1H3,(H,22,23). The number of thiazole rings is 1. The lowest BCUT2D eigenvalue weighted by Crippen LogP contribution is -2.14. The average molecular weight is 377 g/mol. The lowest BCUT2D eigenvalue weighted by molar-refractivity contribution is -0.115. The lowest BCUT2D eigenvalue weighted by atomic mass is 10.2. The van der Waals surface area contributed by atoms with Crippen molar-refractivity contribution in [3.05, 3.63) is 69.1 Å². The van der Waals surface area contributed by atoms with Crippen LogP contribution in [0.25, 0.3) is 10.6 Å². The van der Waals surface area contributed by atoms with E-state index in [0.29, 0.717) is 21.4 Å². The van der Waals surface area contributed by atoms with Crippen LogP contribution in [0.1, 0.15) is 11.3 Å². The summed E-state index contributed by atoms with van der Waals surface area (Å²) in [6, 6.07) is 13.0. The van der Waals surface area contributed by atoms with Gasteiger partial charge in [-0.25, -0.2) is 4.98 Å². The molecule has 0 spiro atoms. The van der Waals surface area contributed by atoms with Crippen LogP contribution < -0.4 is 5.32 Å². The molecule has 0 aliphatic carbocycles. The van der Waals surface area contributed by atoms with E-state index >= 15 is 0 Å². The van der Waals surface area contributed by atoms with E-state index < -0.39 is 0 Å². The zero-order valence-corrected chi connectivity index (χ0v) is 15.2. The monoisotopic (exact) mass is 376 g/mol. The first kappa shape index (κ1) is 17.0. The zero-order valence-electron chi connectivity index (χ0n) is 12.8. The van der Waals surface area contributed by atoms with Gasteiger partial charge in [0.15, 0.2) is 0 Å². The molecular formula is C18H14Cl2N2OS. The first-order valence-electron chi connectivity index (χ1n) is 7.28. The van der Waals surface area contributed by atoms with Gasteiger partial charge in [-0.3, -0.25) is 4.79 Å². The highest BCUT2D eigenvalue weighted by molar-refractivity contribution is 7.13. The van der Waals surface area contributed by atoms with E-state index in [-0.39, 0.29) is 12.3 Å². The summed E-state index contributed by atoms with van der Waals surface area (Å²) in [5, 5.41) is 6.66. The van der Waals surface area contributed by atoms with Gasteiger partial charge < -0.3 is 5.32 Å². The Kier molecular flexibility index (Phi) is 5.19. The minimum atomic E-state index is -0.156. The van der Waals surface area contributed by atoms with Gasteiger partial charge in [0, 0.05) is 10.9 Å². The largest absolute Gasteiger partial charge is 0.324 e. The van der Waals surface area contributed by atoms with E-state index in [1.807, 2.05) is 48.7 Å². The molecule has 1 aromatic heterocycles. The molecule has 2 aromatic carbocycles. The molecule has 6 heteroatoms. The maximum Gasteiger partial charge on any atom is 0.230 e. The Hall–Kier alpha value is -1.88. The molecule has 0 saturated carbocycles. The predicted molar refractivity (Wildman–Crippen MR) is 101 cm³/mol. The predicted octanol–water partition coefficient (Wildman–Crippen LogP) is 5.61. The molecule has 1 heterocycles. The Labute approximate surface area is 154 Å². The molecule has 0 unspecified atom stereocenters. The second kappa shape index (κ2) is 7.34. The molecule has 1 N–H and O–H groups in total. The fraction of sp³-hybridized carbons (Fsp3) is 0.111. The number of aromatic nitrogens is 1. The van der Waals surface area contributed by atoms with Crippen LogP contribution in [0.15, 0.2) is 47.8 Å². The van der Waals surface area contributed by atoms with Crippen LogP contribution in [-0.4, -0.2) is 10.9 Å². The number of halogens is 2. The van der Waals surface area contributed by atoms with Crippen LogP contribution in [0.2, 0.25) is 10.0 Å². The Bertz CT molecular complexity index is 892. The van der Waals surface area contributed by atoms with Crippen LogP contribution in [-0.2, 0) is 11.2 Å². The quantitative estimate of drug-likeness (QED) is 0.642. The minimum absolute atomic E-state index is 0.156. The number of aryl methyl sites for hydroxylation is 1. The number of rotatable bonds is 4. The van der Waals surface area contributed by atoms with Crippen LogP contribution in [0.4, 0.5) is 5.69 Å². The van der Waals surface area contributed by atoms with Gasteiger partial charge in [-0.05, 0) is 30.7 Å². The molecule has 24 heavy (non-hydrogen) atoms. The van der Waals surface area contributed by atoms with Crippen molar-refractivity contribution < 1.29 is 4.79 Å². The van der Waals surface area contributed by atoms with Crippen LogP contribution in [0, 0.1) is 6.92 Å². The van der Waals surface area contributed by atoms with Crippen LogP contribution in [0.5, 0.6) is 0 Å². The normalized spacial score (nSPS) is 10.6. The maximum atomic E-state index is 12.2. The highest BCUT2D eigenvalue weighted by atomic mass is 35.5. The van der Waals surface area contributed by atoms with Crippen LogP contribution >= 0.6 is 34.5 Å². The number of hydrogen-bond acceptors (Lipinski definition) is 3. The molecule has 0 atom stereocenters. The fourth-order valence-electron chi connectivity index (χ4n) is 2.23. The van der Waals surface area contributed by atoms with E-state index in [1.165, 1.54) is 11.3 Å².